The van der Waals surface area contributed by atoms with Crippen LogP contribution in [0.25, 0.3) is 16.6 Å². The highest BCUT2D eigenvalue weighted by Crippen LogP contribution is 2.28. The minimum absolute atomic E-state index is 0.198. The summed E-state index contributed by atoms with van der Waals surface area (Å²) in [4.78, 5) is 34.8. The first kappa shape index (κ1) is 28.9. The van der Waals surface area contributed by atoms with E-state index < -0.39 is 6.04 Å². The normalized spacial score (nSPS) is 11.7. The van der Waals surface area contributed by atoms with Crippen molar-refractivity contribution in [2.45, 2.75) is 32.7 Å². The Kier molecular flexibility index (Phi) is 9.19. The second kappa shape index (κ2) is 13.4. The van der Waals surface area contributed by atoms with Crippen molar-refractivity contribution in [1.29, 1.82) is 0 Å². The number of anilines is 1. The van der Waals surface area contributed by atoms with Gasteiger partial charge in [0.1, 0.15) is 11.6 Å². The van der Waals surface area contributed by atoms with Crippen molar-refractivity contribution in [1.82, 2.24) is 14.5 Å². The molecule has 42 heavy (non-hydrogen) atoms. The second-order valence-electron chi connectivity index (χ2n) is 9.85. The van der Waals surface area contributed by atoms with Gasteiger partial charge in [-0.15, -0.1) is 0 Å². The fourth-order valence-electron chi connectivity index (χ4n) is 5.08. The van der Waals surface area contributed by atoms with E-state index in [9.17, 15) is 9.59 Å². The molecule has 0 aliphatic heterocycles. The number of benzene rings is 4. The van der Waals surface area contributed by atoms with E-state index in [1.165, 1.54) is 0 Å². The summed E-state index contributed by atoms with van der Waals surface area (Å²) in [7, 11) is 0. The lowest BCUT2D eigenvalue weighted by molar-refractivity contribution is 0.182. The summed E-state index contributed by atoms with van der Waals surface area (Å²) in [5, 5.41) is 4.04. The van der Waals surface area contributed by atoms with Gasteiger partial charge in [0, 0.05) is 17.3 Å². The van der Waals surface area contributed by atoms with Crippen molar-refractivity contribution >= 4 is 34.2 Å². The lowest BCUT2D eigenvalue weighted by Crippen LogP contribution is -2.42. The van der Waals surface area contributed by atoms with Gasteiger partial charge in [-0.25, -0.2) is 9.78 Å². The van der Waals surface area contributed by atoms with Gasteiger partial charge < -0.3 is 15.0 Å². The van der Waals surface area contributed by atoms with Crippen LogP contribution < -0.4 is 15.6 Å². The predicted molar refractivity (Wildman–Crippen MR) is 169 cm³/mol. The zero-order chi connectivity index (χ0) is 29.5. The van der Waals surface area contributed by atoms with Crippen LogP contribution in [-0.4, -0.2) is 33.6 Å². The van der Waals surface area contributed by atoms with Crippen molar-refractivity contribution in [3.8, 4) is 11.4 Å². The van der Waals surface area contributed by atoms with E-state index in [4.69, 9.17) is 21.3 Å². The third-order valence-corrected chi connectivity index (χ3v) is 7.32. The van der Waals surface area contributed by atoms with E-state index in [-0.39, 0.29) is 11.6 Å². The summed E-state index contributed by atoms with van der Waals surface area (Å²) < 4.78 is 7.25. The van der Waals surface area contributed by atoms with Crippen LogP contribution >= 0.6 is 11.6 Å². The average Bonchev–Trinajstić information content (AvgIpc) is 3.00. The number of hydrogen-bond acceptors (Lipinski definition) is 4. The van der Waals surface area contributed by atoms with Crippen molar-refractivity contribution in [2.24, 2.45) is 0 Å². The first-order valence-electron chi connectivity index (χ1n) is 14.1. The topological polar surface area (TPSA) is 76.5 Å². The van der Waals surface area contributed by atoms with Gasteiger partial charge in [0.15, 0.2) is 0 Å². The lowest BCUT2D eigenvalue weighted by Gasteiger charge is -2.32. The maximum atomic E-state index is 14.0. The first-order chi connectivity index (χ1) is 20.5. The van der Waals surface area contributed by atoms with Crippen LogP contribution in [0, 0.1) is 0 Å². The zero-order valence-electron chi connectivity index (χ0n) is 23.7. The maximum Gasteiger partial charge on any atom is 0.322 e. The molecular weight excluding hydrogens is 548 g/mol. The summed E-state index contributed by atoms with van der Waals surface area (Å²) in [6.07, 6.45) is 1.15. The summed E-state index contributed by atoms with van der Waals surface area (Å²) in [6.45, 7) is 4.86. The fraction of sp³-hybridized carbons (Fsp3) is 0.206. The van der Waals surface area contributed by atoms with E-state index in [1.54, 1.807) is 39.8 Å². The number of carbonyl (C=O) groups excluding carboxylic acids is 1. The average molecular weight is 581 g/mol. The molecule has 0 spiro atoms. The maximum absolute atomic E-state index is 14.0. The zero-order valence-corrected chi connectivity index (χ0v) is 24.4. The number of halogens is 1. The SMILES string of the molecule is CCOc1ccc(-n2c(C(CC)N(CCc3ccccc3)C(=O)Nc3cccc(Cl)c3)nc3ccccc3c2=O)cc1. The lowest BCUT2D eigenvalue weighted by atomic mass is 10.1. The molecule has 0 radical (unpaired) electrons. The summed E-state index contributed by atoms with van der Waals surface area (Å²) in [5.74, 6) is 1.20. The molecule has 1 aromatic heterocycles. The summed E-state index contributed by atoms with van der Waals surface area (Å²) >= 11 is 6.21. The molecule has 5 rings (SSSR count). The highest BCUT2D eigenvalue weighted by Gasteiger charge is 2.29. The molecule has 0 fully saturated rings. The van der Waals surface area contributed by atoms with Gasteiger partial charge in [-0.05, 0) is 79.9 Å². The standard InChI is InChI=1S/C34H33ClN4O3/c1-3-31(38(22-21-24-11-6-5-7-12-24)34(41)36-26-14-10-13-25(35)23-26)32-37-30-16-9-8-15-29(30)33(40)39(32)27-17-19-28(20-18-27)42-4-2/h5-20,23,31H,3-4,21-22H2,1-2H3,(H,36,41). The number of para-hydroxylation sites is 1. The van der Waals surface area contributed by atoms with Crippen LogP contribution in [0.2, 0.25) is 5.02 Å². The van der Waals surface area contributed by atoms with Crippen molar-refractivity contribution in [3.63, 3.8) is 0 Å². The number of urea groups is 1. The number of carbonyl (C=O) groups is 1. The summed E-state index contributed by atoms with van der Waals surface area (Å²) in [5.41, 5.74) is 2.71. The van der Waals surface area contributed by atoms with Crippen LogP contribution in [0.3, 0.4) is 0 Å². The highest BCUT2D eigenvalue weighted by atomic mass is 35.5. The molecule has 0 aliphatic carbocycles. The fourth-order valence-corrected chi connectivity index (χ4v) is 5.27. The van der Waals surface area contributed by atoms with Gasteiger partial charge >= 0.3 is 6.03 Å². The van der Waals surface area contributed by atoms with E-state index in [2.05, 4.69) is 5.32 Å². The van der Waals surface area contributed by atoms with Crippen molar-refractivity contribution in [3.05, 3.63) is 130 Å². The van der Waals surface area contributed by atoms with E-state index in [0.717, 1.165) is 5.56 Å². The molecule has 0 bridgehead atoms. The number of nitrogens with one attached hydrogen (secondary N) is 1. The Balaban J connectivity index is 1.62. The number of rotatable bonds is 10. The number of hydrogen-bond donors (Lipinski definition) is 1. The van der Waals surface area contributed by atoms with Gasteiger partial charge in [0.05, 0.1) is 29.2 Å². The monoisotopic (exact) mass is 580 g/mol. The molecule has 1 heterocycles. The molecule has 1 atom stereocenters. The highest BCUT2D eigenvalue weighted by molar-refractivity contribution is 6.30. The molecule has 1 N–H and O–H groups in total. The molecular formula is C34H33ClN4O3. The van der Waals surface area contributed by atoms with Gasteiger partial charge in [-0.3, -0.25) is 9.36 Å². The van der Waals surface area contributed by atoms with Gasteiger partial charge in [0.2, 0.25) is 0 Å². The van der Waals surface area contributed by atoms with E-state index in [0.29, 0.717) is 64.9 Å². The number of ether oxygens (including phenoxy) is 1. The smallest absolute Gasteiger partial charge is 0.322 e. The molecule has 0 saturated carbocycles. The molecule has 5 aromatic rings. The van der Waals surface area contributed by atoms with E-state index in [1.807, 2.05) is 86.6 Å². The third kappa shape index (κ3) is 6.47. The Morgan fingerprint density at radius 1 is 0.952 bits per heavy atom. The first-order valence-corrected chi connectivity index (χ1v) is 14.5. The number of aromatic nitrogens is 2. The van der Waals surface area contributed by atoms with E-state index >= 15 is 0 Å². The second-order valence-corrected chi connectivity index (χ2v) is 10.3. The Morgan fingerprint density at radius 2 is 1.69 bits per heavy atom. The molecule has 4 aromatic carbocycles. The quantitative estimate of drug-likeness (QED) is 0.184. The van der Waals surface area contributed by atoms with Crippen molar-refractivity contribution in [2.75, 3.05) is 18.5 Å². The molecule has 7 nitrogen and oxygen atoms in total. The largest absolute Gasteiger partial charge is 0.494 e. The van der Waals surface area contributed by atoms with Gasteiger partial charge in [-0.1, -0.05) is 67.1 Å². The van der Waals surface area contributed by atoms with Gasteiger partial charge in [-0.2, -0.15) is 0 Å². The molecule has 1 unspecified atom stereocenters. The minimum Gasteiger partial charge on any atom is -0.494 e. The molecule has 0 saturated heterocycles. The Hall–Kier alpha value is -4.62. The van der Waals surface area contributed by atoms with Crippen LogP contribution in [0.1, 0.15) is 37.7 Å². The number of fused-ring (bicyclic) bond motifs is 1. The van der Waals surface area contributed by atoms with Crippen LogP contribution in [0.15, 0.2) is 108 Å². The van der Waals surface area contributed by atoms with Crippen molar-refractivity contribution < 1.29 is 9.53 Å². The Bertz CT molecular complexity index is 1720. The molecule has 2 amide bonds. The summed E-state index contributed by atoms with van der Waals surface area (Å²) in [6, 6.07) is 30.9. The number of nitrogens with zero attached hydrogens (tertiary/aromatic N) is 3. The predicted octanol–water partition coefficient (Wildman–Crippen LogP) is 7.67. The Morgan fingerprint density at radius 3 is 2.40 bits per heavy atom. The van der Waals surface area contributed by atoms with Crippen LogP contribution in [-0.2, 0) is 6.42 Å². The molecule has 8 heteroatoms. The van der Waals surface area contributed by atoms with Crippen LogP contribution in [0.4, 0.5) is 10.5 Å². The molecule has 214 valence electrons. The molecule has 0 aliphatic rings. The number of amides is 2. The van der Waals surface area contributed by atoms with Crippen LogP contribution in [0.5, 0.6) is 5.75 Å². The third-order valence-electron chi connectivity index (χ3n) is 7.09. The Labute approximate surface area is 250 Å². The minimum atomic E-state index is -0.517. The van der Waals surface area contributed by atoms with Gasteiger partial charge in [0.25, 0.3) is 5.56 Å².